The Morgan fingerprint density at radius 2 is 1.96 bits per heavy atom. The molecule has 0 N–H and O–H groups in total. The minimum Gasteiger partial charge on any atom is -0.472 e. The molecule has 0 radical (unpaired) electrons. The molecular weight excluding hydrogens is 298 g/mol. The molecule has 0 saturated heterocycles. The van der Waals surface area contributed by atoms with Crippen molar-refractivity contribution in [1.82, 2.24) is 4.98 Å². The molecule has 0 aliphatic carbocycles. The lowest BCUT2D eigenvalue weighted by Crippen LogP contribution is -2.53. The van der Waals surface area contributed by atoms with E-state index < -0.39 is 10.5 Å². The Morgan fingerprint density at radius 1 is 1.26 bits per heavy atom. The van der Waals surface area contributed by atoms with Gasteiger partial charge in [0.25, 0.3) is 11.7 Å². The van der Waals surface area contributed by atoms with Gasteiger partial charge in [-0.05, 0) is 36.2 Å². The first-order valence-electron chi connectivity index (χ1n) is 8.03. The van der Waals surface area contributed by atoms with Gasteiger partial charge in [0, 0.05) is 12.6 Å². The molecule has 1 aliphatic heterocycles. The molecule has 0 fully saturated rings. The first kappa shape index (κ1) is 17.2. The number of anilines is 1. The molecule has 23 heavy (non-hydrogen) atoms. The second kappa shape index (κ2) is 6.93. The molecule has 0 spiro atoms. The van der Waals surface area contributed by atoms with E-state index in [1.807, 2.05) is 0 Å². The van der Waals surface area contributed by atoms with Crippen LogP contribution in [0.4, 0.5) is 11.6 Å². The summed E-state index contributed by atoms with van der Waals surface area (Å²) in [4.78, 5) is 28.5. The first-order valence-corrected chi connectivity index (χ1v) is 8.03. The quantitative estimate of drug-likeness (QED) is 0.436. The molecule has 1 aromatic heterocycles. The molecule has 2 rings (SSSR count). The number of nitro groups is 1. The zero-order valence-electron chi connectivity index (χ0n) is 13.9. The number of hydrogen-bond acceptors (Lipinski definition) is 5. The number of aromatic nitrogens is 1. The molecule has 0 atom stereocenters. The molecule has 0 aromatic carbocycles. The van der Waals surface area contributed by atoms with E-state index in [0.717, 1.165) is 25.7 Å². The summed E-state index contributed by atoms with van der Waals surface area (Å²) >= 11 is 0. The Morgan fingerprint density at radius 3 is 2.61 bits per heavy atom. The van der Waals surface area contributed by atoms with Crippen molar-refractivity contribution in [2.75, 3.05) is 11.4 Å². The number of carbonyl (C=O) groups is 1. The van der Waals surface area contributed by atoms with Gasteiger partial charge in [-0.2, -0.15) is 0 Å². The zero-order chi connectivity index (χ0) is 17.0. The maximum atomic E-state index is 12.6. The fourth-order valence-corrected chi connectivity index (χ4v) is 2.62. The highest BCUT2D eigenvalue weighted by Gasteiger charge is 2.44. The Balaban J connectivity index is 2.23. The van der Waals surface area contributed by atoms with E-state index in [9.17, 15) is 14.9 Å². The predicted octanol–water partition coefficient (Wildman–Crippen LogP) is 3.46. The molecular formula is C16H23N3O4. The molecule has 1 aliphatic rings. The molecule has 0 saturated carbocycles. The van der Waals surface area contributed by atoms with Crippen molar-refractivity contribution in [3.8, 4) is 5.75 Å². The number of nitrogens with zero attached hydrogens (tertiary/aromatic N) is 3. The molecule has 1 aromatic rings. The summed E-state index contributed by atoms with van der Waals surface area (Å²) in [6.45, 7) is 6.04. The van der Waals surface area contributed by atoms with Gasteiger partial charge in [-0.3, -0.25) is 9.69 Å². The number of rotatable bonds is 7. The van der Waals surface area contributed by atoms with Crippen molar-refractivity contribution in [3.05, 3.63) is 22.2 Å². The summed E-state index contributed by atoms with van der Waals surface area (Å²) in [6, 6.07) is 2.81. The summed E-state index contributed by atoms with van der Waals surface area (Å²) in [6.07, 6.45) is 5.30. The number of carbonyl (C=O) groups excluding carboxylic acids is 1. The van der Waals surface area contributed by atoms with Gasteiger partial charge in [-0.15, -0.1) is 0 Å². The van der Waals surface area contributed by atoms with E-state index in [1.54, 1.807) is 13.8 Å². The average molecular weight is 321 g/mol. The van der Waals surface area contributed by atoms with Crippen molar-refractivity contribution in [3.63, 3.8) is 0 Å². The Hall–Kier alpha value is -2.18. The summed E-state index contributed by atoms with van der Waals surface area (Å²) in [7, 11) is 0. The molecule has 2 heterocycles. The van der Waals surface area contributed by atoms with Crippen molar-refractivity contribution < 1.29 is 14.5 Å². The normalized spacial score (nSPS) is 16.0. The Bertz CT molecular complexity index is 601. The number of fused-ring (bicyclic) bond motifs is 1. The Kier molecular flexibility index (Phi) is 5.18. The second-order valence-corrected chi connectivity index (χ2v) is 6.23. The van der Waals surface area contributed by atoms with E-state index in [4.69, 9.17) is 4.74 Å². The van der Waals surface area contributed by atoms with Gasteiger partial charge in [0.15, 0.2) is 11.4 Å². The Labute approximate surface area is 135 Å². The van der Waals surface area contributed by atoms with Gasteiger partial charge in [-0.25, -0.2) is 0 Å². The molecule has 7 heteroatoms. The summed E-state index contributed by atoms with van der Waals surface area (Å²) in [5.74, 6) is 0.164. The smallest absolute Gasteiger partial charge is 0.366 e. The highest BCUT2D eigenvalue weighted by atomic mass is 16.6. The van der Waals surface area contributed by atoms with Crippen LogP contribution in [-0.4, -0.2) is 28.0 Å². The second-order valence-electron chi connectivity index (χ2n) is 6.23. The number of hydrogen-bond donors (Lipinski definition) is 0. The molecule has 0 bridgehead atoms. The highest BCUT2D eigenvalue weighted by Crippen LogP contribution is 2.37. The zero-order valence-corrected chi connectivity index (χ0v) is 13.9. The lowest BCUT2D eigenvalue weighted by molar-refractivity contribution is -0.389. The third-order valence-corrected chi connectivity index (χ3v) is 3.88. The van der Waals surface area contributed by atoms with Gasteiger partial charge in [0.1, 0.15) is 0 Å². The minimum atomic E-state index is -0.992. The van der Waals surface area contributed by atoms with Crippen LogP contribution in [0.2, 0.25) is 0 Å². The lowest BCUT2D eigenvalue weighted by atomic mass is 10.0. The van der Waals surface area contributed by atoms with Gasteiger partial charge in [0.2, 0.25) is 0 Å². The van der Waals surface area contributed by atoms with Crippen molar-refractivity contribution in [1.29, 1.82) is 0 Å². The predicted molar refractivity (Wildman–Crippen MR) is 86.7 cm³/mol. The molecule has 7 nitrogen and oxygen atoms in total. The monoisotopic (exact) mass is 321 g/mol. The van der Waals surface area contributed by atoms with E-state index in [1.165, 1.54) is 23.5 Å². The number of unbranched alkanes of at least 4 members (excludes halogenated alkanes) is 4. The van der Waals surface area contributed by atoms with Crippen LogP contribution >= 0.6 is 0 Å². The highest BCUT2D eigenvalue weighted by molar-refractivity contribution is 6.01. The number of amides is 1. The maximum absolute atomic E-state index is 12.6. The molecule has 0 unspecified atom stereocenters. The fourth-order valence-electron chi connectivity index (χ4n) is 2.62. The third kappa shape index (κ3) is 3.78. The molecule has 126 valence electrons. The van der Waals surface area contributed by atoms with Crippen LogP contribution in [0.25, 0.3) is 0 Å². The van der Waals surface area contributed by atoms with Gasteiger partial charge in [0.05, 0.1) is 0 Å². The topological polar surface area (TPSA) is 85.6 Å². The van der Waals surface area contributed by atoms with E-state index in [-0.39, 0.29) is 17.5 Å². The van der Waals surface area contributed by atoms with Crippen molar-refractivity contribution in [2.45, 2.75) is 58.5 Å². The maximum Gasteiger partial charge on any atom is 0.366 e. The number of pyridine rings is 1. The standard InChI is InChI=1S/C16H23N3O4/c1-4-5-6-7-8-11-18-14-12(23-16(2,3)15(18)20)9-10-13(17-14)19(21)22/h9-10H,4-8,11H2,1-3H3. The van der Waals surface area contributed by atoms with Crippen LogP contribution in [0, 0.1) is 10.1 Å². The van der Waals surface area contributed by atoms with Gasteiger partial charge < -0.3 is 14.9 Å². The van der Waals surface area contributed by atoms with Crippen LogP contribution in [0.1, 0.15) is 52.9 Å². The minimum absolute atomic E-state index is 0.214. The average Bonchev–Trinajstić information content (AvgIpc) is 2.49. The van der Waals surface area contributed by atoms with Crippen LogP contribution in [0.15, 0.2) is 12.1 Å². The van der Waals surface area contributed by atoms with E-state index in [2.05, 4.69) is 11.9 Å². The fraction of sp³-hybridized carbons (Fsp3) is 0.625. The van der Waals surface area contributed by atoms with Gasteiger partial charge in [-0.1, -0.05) is 32.6 Å². The van der Waals surface area contributed by atoms with Gasteiger partial charge >= 0.3 is 5.82 Å². The first-order chi connectivity index (χ1) is 10.9. The lowest BCUT2D eigenvalue weighted by Gasteiger charge is -2.35. The van der Waals surface area contributed by atoms with Crippen LogP contribution < -0.4 is 9.64 Å². The van der Waals surface area contributed by atoms with Crippen molar-refractivity contribution in [2.24, 2.45) is 0 Å². The van der Waals surface area contributed by atoms with Crippen molar-refractivity contribution >= 4 is 17.5 Å². The van der Waals surface area contributed by atoms with Crippen LogP contribution in [0.3, 0.4) is 0 Å². The summed E-state index contributed by atoms with van der Waals surface area (Å²) in [5.41, 5.74) is -0.992. The summed E-state index contributed by atoms with van der Waals surface area (Å²) < 4.78 is 5.67. The summed E-state index contributed by atoms with van der Waals surface area (Å²) in [5, 5.41) is 10.9. The van der Waals surface area contributed by atoms with Crippen LogP contribution in [-0.2, 0) is 4.79 Å². The van der Waals surface area contributed by atoms with E-state index in [0.29, 0.717) is 12.3 Å². The SMILES string of the molecule is CCCCCCCN1C(=O)C(C)(C)Oc2ccc([N+](=O)[O-])nc21. The van der Waals surface area contributed by atoms with Crippen LogP contribution in [0.5, 0.6) is 5.75 Å². The number of ether oxygens (including phenoxy) is 1. The van der Waals surface area contributed by atoms with E-state index >= 15 is 0 Å². The molecule has 1 amide bonds. The largest absolute Gasteiger partial charge is 0.472 e. The third-order valence-electron chi connectivity index (χ3n) is 3.88.